The zero-order chi connectivity index (χ0) is 41.0. The van der Waals surface area contributed by atoms with E-state index in [1.807, 2.05) is 0 Å². The summed E-state index contributed by atoms with van der Waals surface area (Å²) in [6.45, 7) is 2.19. The molecule has 0 fully saturated rings. The van der Waals surface area contributed by atoms with Gasteiger partial charge in [0.05, 0.1) is 18.5 Å². The van der Waals surface area contributed by atoms with Gasteiger partial charge in [-0.25, -0.2) is 0 Å². The number of nitrogens with zero attached hydrogens (tertiary/aromatic N) is 6. The Morgan fingerprint density at radius 1 is 0.635 bits per heavy atom. The second-order valence-electron chi connectivity index (χ2n) is 12.1. The van der Waals surface area contributed by atoms with Gasteiger partial charge in [-0.2, -0.15) is 0 Å². The molecule has 0 aliphatic carbocycles. The second-order valence-corrected chi connectivity index (χ2v) is 20.1. The molecule has 0 bridgehead atoms. The third-order valence-electron chi connectivity index (χ3n) is 7.04. The van der Waals surface area contributed by atoms with E-state index in [4.69, 9.17) is 0 Å². The van der Waals surface area contributed by atoms with Crippen LogP contribution in [0.4, 0.5) is 0 Å². The van der Waals surface area contributed by atoms with Gasteiger partial charge in [0.2, 0.25) is 11.8 Å². The Labute approximate surface area is 299 Å². The van der Waals surface area contributed by atoms with E-state index in [0.29, 0.717) is 9.80 Å². The molecular formula is C22H49N6O19P5. The quantitative estimate of drug-likeness (QED) is 0.0251. The molecule has 0 aromatic carbocycles. The van der Waals surface area contributed by atoms with Crippen molar-refractivity contribution in [1.82, 2.24) is 24.5 Å². The summed E-state index contributed by atoms with van der Waals surface area (Å²) in [6.07, 6.45) is -5.82. The minimum absolute atomic E-state index is 0.268. The number of aliphatic imine (C=N–C) groups is 1. The van der Waals surface area contributed by atoms with E-state index in [1.165, 1.54) is 6.92 Å². The standard InChI is InChI=1S/C22H49N6O19P5/c1-5-18(22(31)32)19(17(2)20(29)27(10-23-3)8-6-25(13-49(36,37)38)14-50(39,40)41)21(30)28(11-24(4)12-48(33,34)35)9-7-26(15-51(42,43)44)16-52(45,46)47/h17-19H,3,5-16H2,1-2,4H3,(H,31,32)(H2,33,34,35)(H2,36,37,38)(H2,39,40,41)(H2,42,43,44)(H2,45,46,47). The topological polar surface area (TPSA) is 388 Å². The number of carboxylic acid groups (broad SMARTS) is 1. The fourth-order valence-electron chi connectivity index (χ4n) is 5.18. The number of aliphatic carboxylic acids is 1. The Kier molecular flexibility index (Phi) is 20.6. The fourth-order valence-corrected chi connectivity index (χ4v) is 9.26. The molecule has 306 valence electrons. The highest BCUT2D eigenvalue weighted by Crippen LogP contribution is 2.42. The fraction of sp³-hybridized carbons (Fsp3) is 0.818. The smallest absolute Gasteiger partial charge is 0.339 e. The minimum atomic E-state index is -4.95. The number of hydrogen-bond acceptors (Lipinski definition) is 12. The monoisotopic (exact) mass is 856 g/mol. The maximum atomic E-state index is 14.3. The van der Waals surface area contributed by atoms with Gasteiger partial charge < -0.3 is 63.8 Å². The van der Waals surface area contributed by atoms with Gasteiger partial charge in [-0.1, -0.05) is 13.8 Å². The first-order valence-corrected chi connectivity index (χ1v) is 23.9. The summed E-state index contributed by atoms with van der Waals surface area (Å²) >= 11 is 0. The first-order chi connectivity index (χ1) is 23.3. The lowest BCUT2D eigenvalue weighted by atomic mass is 9.79. The van der Waals surface area contributed by atoms with E-state index < -0.39 is 144 Å². The molecule has 0 saturated heterocycles. The van der Waals surface area contributed by atoms with Gasteiger partial charge in [-0.15, -0.1) is 0 Å². The SMILES string of the molecule is C=NCN(CCN(CP(=O)(O)O)CP(=O)(O)O)C(=O)C(C)C(C(=O)N(CCN(CP(=O)(O)O)CP(=O)(O)O)CN(C)CP(=O)(O)O)C(CC)C(=O)O. The number of hydrogen-bond donors (Lipinski definition) is 11. The largest absolute Gasteiger partial charge is 0.481 e. The Morgan fingerprint density at radius 3 is 1.31 bits per heavy atom. The number of rotatable bonds is 26. The number of carboxylic acids is 1. The predicted octanol–water partition coefficient (Wildman–Crippen LogP) is -2.17. The molecule has 11 N–H and O–H groups in total. The summed E-state index contributed by atoms with van der Waals surface area (Å²) in [5.74, 6) is -8.66. The van der Waals surface area contributed by atoms with E-state index in [2.05, 4.69) is 11.7 Å². The average molecular weight is 857 g/mol. The number of amides is 2. The molecule has 0 aliphatic rings. The van der Waals surface area contributed by atoms with Crippen molar-refractivity contribution in [3.8, 4) is 0 Å². The lowest BCUT2D eigenvalue weighted by Gasteiger charge is -2.37. The summed E-state index contributed by atoms with van der Waals surface area (Å²) < 4.78 is 58.2. The summed E-state index contributed by atoms with van der Waals surface area (Å²) in [6, 6.07) is 0. The second kappa shape index (κ2) is 21.1. The van der Waals surface area contributed by atoms with Crippen LogP contribution in [0.2, 0.25) is 0 Å². The van der Waals surface area contributed by atoms with E-state index >= 15 is 0 Å². The minimum Gasteiger partial charge on any atom is -0.481 e. The van der Waals surface area contributed by atoms with Crippen molar-refractivity contribution in [3.05, 3.63) is 0 Å². The van der Waals surface area contributed by atoms with Crippen LogP contribution in [0.15, 0.2) is 4.99 Å². The Hall–Kier alpha value is -1.29. The predicted molar refractivity (Wildman–Crippen MR) is 183 cm³/mol. The molecule has 3 atom stereocenters. The molecule has 30 heteroatoms. The average Bonchev–Trinajstić information content (AvgIpc) is 2.90. The number of carbonyl (C=O) groups excluding carboxylic acids is 2. The Balaban J connectivity index is 6.90. The van der Waals surface area contributed by atoms with Gasteiger partial charge in [0, 0.05) is 32.1 Å². The van der Waals surface area contributed by atoms with Crippen LogP contribution >= 0.6 is 38.0 Å². The van der Waals surface area contributed by atoms with E-state index in [9.17, 15) is 91.2 Å². The highest BCUT2D eigenvalue weighted by molar-refractivity contribution is 7.53. The van der Waals surface area contributed by atoms with Crippen LogP contribution in [0.25, 0.3) is 0 Å². The van der Waals surface area contributed by atoms with Crippen molar-refractivity contribution in [2.24, 2.45) is 22.7 Å². The number of carbonyl (C=O) groups is 3. The van der Waals surface area contributed by atoms with Gasteiger partial charge in [-0.3, -0.25) is 56.9 Å². The molecule has 0 aliphatic heterocycles. The molecule has 3 unspecified atom stereocenters. The zero-order valence-corrected chi connectivity index (χ0v) is 33.0. The zero-order valence-electron chi connectivity index (χ0n) is 28.5. The van der Waals surface area contributed by atoms with Crippen LogP contribution in [0.1, 0.15) is 20.3 Å². The van der Waals surface area contributed by atoms with E-state index in [0.717, 1.165) is 28.7 Å². The highest BCUT2D eigenvalue weighted by atomic mass is 31.2. The third kappa shape index (κ3) is 22.2. The molecule has 0 rings (SSSR count). The normalized spacial score (nSPS) is 15.1. The highest BCUT2D eigenvalue weighted by Gasteiger charge is 2.43. The maximum Gasteiger partial charge on any atom is 0.339 e. The van der Waals surface area contributed by atoms with E-state index in [-0.39, 0.29) is 6.42 Å². The van der Waals surface area contributed by atoms with Crippen molar-refractivity contribution < 1.29 is 91.2 Å². The van der Waals surface area contributed by atoms with Crippen molar-refractivity contribution in [1.29, 1.82) is 0 Å². The summed E-state index contributed by atoms with van der Waals surface area (Å²) in [4.78, 5) is 142. The Morgan fingerprint density at radius 2 is 1.00 bits per heavy atom. The van der Waals surface area contributed by atoms with Gasteiger partial charge in [0.15, 0.2) is 0 Å². The molecule has 0 spiro atoms. The molecular weight excluding hydrogens is 807 g/mol. The summed E-state index contributed by atoms with van der Waals surface area (Å²) in [5.41, 5.74) is 0. The lowest BCUT2D eigenvalue weighted by molar-refractivity contribution is -0.157. The maximum absolute atomic E-state index is 14.3. The van der Waals surface area contributed by atoms with Crippen molar-refractivity contribution in [2.45, 2.75) is 20.3 Å². The van der Waals surface area contributed by atoms with Gasteiger partial charge in [0.25, 0.3) is 0 Å². The Bertz CT molecular complexity index is 1410. The molecule has 25 nitrogen and oxygen atoms in total. The molecule has 52 heavy (non-hydrogen) atoms. The summed E-state index contributed by atoms with van der Waals surface area (Å²) in [7, 11) is -23.3. The van der Waals surface area contributed by atoms with Crippen LogP contribution in [-0.2, 0) is 37.2 Å². The lowest BCUT2D eigenvalue weighted by Crippen LogP contribution is -2.52. The van der Waals surface area contributed by atoms with E-state index in [1.54, 1.807) is 0 Å². The first-order valence-electron chi connectivity index (χ1n) is 14.9. The van der Waals surface area contributed by atoms with Crippen LogP contribution in [-0.4, -0.2) is 181 Å². The van der Waals surface area contributed by atoms with Gasteiger partial charge in [0.1, 0.15) is 38.1 Å². The summed E-state index contributed by atoms with van der Waals surface area (Å²) in [5, 5.41) is 10.1. The van der Waals surface area contributed by atoms with Crippen molar-refractivity contribution in [2.75, 3.05) is 78.0 Å². The molecule has 0 radical (unpaired) electrons. The first kappa shape index (κ1) is 50.7. The van der Waals surface area contributed by atoms with Gasteiger partial charge >= 0.3 is 43.9 Å². The molecule has 0 aromatic heterocycles. The third-order valence-corrected chi connectivity index (χ3v) is 11.0. The van der Waals surface area contributed by atoms with Crippen LogP contribution in [0, 0.1) is 17.8 Å². The van der Waals surface area contributed by atoms with Crippen LogP contribution in [0.3, 0.4) is 0 Å². The van der Waals surface area contributed by atoms with Crippen molar-refractivity contribution >= 4 is 62.5 Å². The van der Waals surface area contributed by atoms with Crippen molar-refractivity contribution in [3.63, 3.8) is 0 Å². The van der Waals surface area contributed by atoms with Crippen LogP contribution in [0.5, 0.6) is 0 Å². The van der Waals surface area contributed by atoms with Crippen LogP contribution < -0.4 is 0 Å². The molecule has 2 amide bonds. The molecule has 0 saturated carbocycles. The molecule has 0 aromatic rings. The van der Waals surface area contributed by atoms with Gasteiger partial charge in [-0.05, 0) is 20.2 Å². The molecule has 0 heterocycles.